The molecule has 104 valence electrons. The molecular weight excluding hydrogens is 242 g/mol. The highest BCUT2D eigenvalue weighted by molar-refractivity contribution is 5.83. The van der Waals surface area contributed by atoms with Gasteiger partial charge in [-0.2, -0.15) is 0 Å². The van der Waals surface area contributed by atoms with Gasteiger partial charge in [-0.05, 0) is 19.8 Å². The van der Waals surface area contributed by atoms with E-state index >= 15 is 0 Å². The Balaban J connectivity index is 2.19. The third kappa shape index (κ3) is 2.47. The number of amidine groups is 1. The summed E-state index contributed by atoms with van der Waals surface area (Å²) in [7, 11) is 0. The van der Waals surface area contributed by atoms with Gasteiger partial charge in [0.25, 0.3) is 5.56 Å². The first kappa shape index (κ1) is 13.6. The number of nitrogens with one attached hydrogen (secondary N) is 1. The number of hydrogen-bond donors (Lipinski definition) is 2. The average molecular weight is 263 g/mol. The number of hydrogen-bond acceptors (Lipinski definition) is 4. The zero-order valence-corrected chi connectivity index (χ0v) is 11.5. The monoisotopic (exact) mass is 263 g/mol. The Hall–Kier alpha value is -1.85. The molecule has 2 rings (SSSR count). The molecule has 0 unspecified atom stereocenters. The molecule has 1 aromatic heterocycles. The molecule has 6 heteroatoms. The van der Waals surface area contributed by atoms with Gasteiger partial charge in [-0.3, -0.25) is 10.2 Å². The second-order valence-corrected chi connectivity index (χ2v) is 5.30. The molecule has 0 aromatic carbocycles. The van der Waals surface area contributed by atoms with Gasteiger partial charge in [-0.25, -0.2) is 4.98 Å². The summed E-state index contributed by atoms with van der Waals surface area (Å²) in [5.41, 5.74) is 5.36. The van der Waals surface area contributed by atoms with Crippen LogP contribution in [0.5, 0.6) is 0 Å². The maximum atomic E-state index is 12.2. The van der Waals surface area contributed by atoms with Crippen molar-refractivity contribution in [3.63, 3.8) is 0 Å². The first-order valence-electron chi connectivity index (χ1n) is 6.63. The maximum absolute atomic E-state index is 12.2. The molecule has 19 heavy (non-hydrogen) atoms. The highest BCUT2D eigenvalue weighted by Crippen LogP contribution is 2.31. The zero-order chi connectivity index (χ0) is 14.0. The van der Waals surface area contributed by atoms with Gasteiger partial charge in [0.1, 0.15) is 0 Å². The Morgan fingerprint density at radius 3 is 2.68 bits per heavy atom. The number of aryl methyl sites for hydroxylation is 1. The minimum absolute atomic E-state index is 0.0450. The lowest BCUT2D eigenvalue weighted by Crippen LogP contribution is -2.47. The molecule has 0 bridgehead atoms. The maximum Gasteiger partial charge on any atom is 0.293 e. The van der Waals surface area contributed by atoms with E-state index < -0.39 is 0 Å². The van der Waals surface area contributed by atoms with Gasteiger partial charge < -0.3 is 15.2 Å². The number of nitrogens with two attached hydrogens (primary N) is 1. The van der Waals surface area contributed by atoms with Crippen LogP contribution in [0.4, 0.5) is 5.82 Å². The summed E-state index contributed by atoms with van der Waals surface area (Å²) in [6, 6.07) is 0. The highest BCUT2D eigenvalue weighted by atomic mass is 16.1. The number of piperidine rings is 1. The van der Waals surface area contributed by atoms with Crippen LogP contribution in [0.1, 0.15) is 26.7 Å². The lowest BCUT2D eigenvalue weighted by molar-refractivity contribution is 0.349. The first-order chi connectivity index (χ1) is 8.98. The Morgan fingerprint density at radius 1 is 1.53 bits per heavy atom. The van der Waals surface area contributed by atoms with Crippen LogP contribution < -0.4 is 16.2 Å². The molecule has 1 aliphatic rings. The van der Waals surface area contributed by atoms with Gasteiger partial charge in [0.05, 0.1) is 5.84 Å². The van der Waals surface area contributed by atoms with Crippen molar-refractivity contribution in [2.45, 2.75) is 33.2 Å². The van der Waals surface area contributed by atoms with Gasteiger partial charge in [0.15, 0.2) is 5.82 Å². The summed E-state index contributed by atoms with van der Waals surface area (Å²) < 4.78 is 1.65. The van der Waals surface area contributed by atoms with Crippen molar-refractivity contribution >= 4 is 11.7 Å². The largest absolute Gasteiger partial charge is 0.387 e. The van der Waals surface area contributed by atoms with Gasteiger partial charge in [0, 0.05) is 37.4 Å². The Labute approximate surface area is 112 Å². The average Bonchev–Trinajstić information content (AvgIpc) is 2.40. The van der Waals surface area contributed by atoms with Crippen LogP contribution in [0, 0.1) is 10.8 Å². The molecule has 2 heterocycles. The lowest BCUT2D eigenvalue weighted by atomic mass is 9.79. The third-order valence-corrected chi connectivity index (χ3v) is 4.05. The van der Waals surface area contributed by atoms with E-state index in [0.717, 1.165) is 12.8 Å². The van der Waals surface area contributed by atoms with Crippen LogP contribution in [0.3, 0.4) is 0 Å². The van der Waals surface area contributed by atoms with Crippen LogP contribution in [-0.4, -0.2) is 28.5 Å². The summed E-state index contributed by atoms with van der Waals surface area (Å²) in [5, 5.41) is 7.64. The molecule has 0 saturated carbocycles. The van der Waals surface area contributed by atoms with Crippen LogP contribution >= 0.6 is 0 Å². The summed E-state index contributed by atoms with van der Waals surface area (Å²) in [4.78, 5) is 18.4. The van der Waals surface area contributed by atoms with Gasteiger partial charge in [-0.1, -0.05) is 6.92 Å². The fraction of sp³-hybridized carbons (Fsp3) is 0.615. The van der Waals surface area contributed by atoms with Crippen molar-refractivity contribution in [1.29, 1.82) is 5.41 Å². The molecule has 0 atom stereocenters. The molecule has 1 saturated heterocycles. The topological polar surface area (TPSA) is 88.0 Å². The second-order valence-electron chi connectivity index (χ2n) is 5.30. The molecular formula is C13H21N5O. The van der Waals surface area contributed by atoms with Crippen molar-refractivity contribution < 1.29 is 0 Å². The van der Waals surface area contributed by atoms with E-state index in [1.54, 1.807) is 17.0 Å². The highest BCUT2D eigenvalue weighted by Gasteiger charge is 2.33. The minimum Gasteiger partial charge on any atom is -0.387 e. The lowest BCUT2D eigenvalue weighted by Gasteiger charge is -2.38. The zero-order valence-electron chi connectivity index (χ0n) is 11.5. The SMILES string of the molecule is CCn1ccnc(N2CCC(C)(C(=N)N)CC2)c1=O. The van der Waals surface area contributed by atoms with Crippen molar-refractivity contribution in [3.05, 3.63) is 22.7 Å². The van der Waals surface area contributed by atoms with E-state index in [9.17, 15) is 4.79 Å². The molecule has 1 fully saturated rings. The van der Waals surface area contributed by atoms with E-state index in [4.69, 9.17) is 11.1 Å². The van der Waals surface area contributed by atoms with Crippen molar-refractivity contribution in [2.24, 2.45) is 11.1 Å². The van der Waals surface area contributed by atoms with Crippen molar-refractivity contribution in [1.82, 2.24) is 9.55 Å². The second kappa shape index (κ2) is 5.03. The van der Waals surface area contributed by atoms with E-state index in [1.165, 1.54) is 0 Å². The normalized spacial score (nSPS) is 18.3. The van der Waals surface area contributed by atoms with E-state index in [1.807, 2.05) is 18.7 Å². The molecule has 6 nitrogen and oxygen atoms in total. The number of anilines is 1. The number of rotatable bonds is 3. The number of aromatic nitrogens is 2. The van der Waals surface area contributed by atoms with Gasteiger partial charge in [0.2, 0.25) is 0 Å². The minimum atomic E-state index is -0.241. The van der Waals surface area contributed by atoms with E-state index in [-0.39, 0.29) is 16.8 Å². The predicted molar refractivity (Wildman–Crippen MR) is 75.6 cm³/mol. The standard InChI is InChI=1S/C13H21N5O/c1-3-17-9-6-16-10(11(17)19)18-7-4-13(2,5-8-18)12(14)15/h6,9H,3-5,7-8H2,1-2H3,(H3,14,15). The van der Waals surface area contributed by atoms with E-state index in [2.05, 4.69) is 4.98 Å². The number of nitrogens with zero attached hydrogens (tertiary/aromatic N) is 3. The predicted octanol–water partition coefficient (Wildman–Crippen LogP) is 0.806. The molecule has 0 amide bonds. The quantitative estimate of drug-likeness (QED) is 0.624. The molecule has 0 aliphatic carbocycles. The van der Waals surface area contributed by atoms with E-state index in [0.29, 0.717) is 25.5 Å². The fourth-order valence-corrected chi connectivity index (χ4v) is 2.38. The van der Waals surface area contributed by atoms with Crippen LogP contribution in [-0.2, 0) is 6.54 Å². The van der Waals surface area contributed by atoms with Crippen LogP contribution in [0.15, 0.2) is 17.2 Å². The first-order valence-corrected chi connectivity index (χ1v) is 6.63. The molecule has 3 N–H and O–H groups in total. The summed E-state index contributed by atoms with van der Waals surface area (Å²) in [6.07, 6.45) is 4.93. The van der Waals surface area contributed by atoms with Gasteiger partial charge >= 0.3 is 0 Å². The van der Waals surface area contributed by atoms with Crippen LogP contribution in [0.2, 0.25) is 0 Å². The van der Waals surface area contributed by atoms with Gasteiger partial charge in [-0.15, -0.1) is 0 Å². The Kier molecular flexibility index (Phi) is 3.59. The molecule has 1 aliphatic heterocycles. The summed E-state index contributed by atoms with van der Waals surface area (Å²) in [6.45, 7) is 6.02. The molecule has 0 radical (unpaired) electrons. The molecule has 0 spiro atoms. The third-order valence-electron chi connectivity index (χ3n) is 4.05. The van der Waals surface area contributed by atoms with Crippen LogP contribution in [0.25, 0.3) is 0 Å². The van der Waals surface area contributed by atoms with Crippen molar-refractivity contribution in [2.75, 3.05) is 18.0 Å². The Bertz CT molecular complexity index is 528. The Morgan fingerprint density at radius 2 is 2.16 bits per heavy atom. The smallest absolute Gasteiger partial charge is 0.293 e. The molecule has 1 aromatic rings. The summed E-state index contributed by atoms with van der Waals surface area (Å²) in [5.74, 6) is 0.745. The van der Waals surface area contributed by atoms with Crippen molar-refractivity contribution in [3.8, 4) is 0 Å². The summed E-state index contributed by atoms with van der Waals surface area (Å²) >= 11 is 0. The fourth-order valence-electron chi connectivity index (χ4n) is 2.38.